The van der Waals surface area contributed by atoms with Crippen LogP contribution in [0.1, 0.15) is 6.42 Å². The van der Waals surface area contributed by atoms with E-state index in [9.17, 15) is 14.7 Å². The molecule has 0 aromatic carbocycles. The van der Waals surface area contributed by atoms with Crippen molar-refractivity contribution in [3.05, 3.63) is 34.8 Å². The van der Waals surface area contributed by atoms with Crippen molar-refractivity contribution < 1.29 is 19.8 Å². The van der Waals surface area contributed by atoms with Crippen molar-refractivity contribution in [3.63, 3.8) is 0 Å². The van der Waals surface area contributed by atoms with E-state index in [4.69, 9.17) is 5.11 Å². The van der Waals surface area contributed by atoms with Crippen molar-refractivity contribution in [2.45, 2.75) is 6.42 Å². The summed E-state index contributed by atoms with van der Waals surface area (Å²) in [6.07, 6.45) is 2.88. The van der Waals surface area contributed by atoms with Crippen LogP contribution in [0, 0.1) is 0 Å². The molecule has 5 heteroatoms. The Hall–Kier alpha value is -2.04. The average molecular weight is 207 g/mol. The minimum absolute atomic E-state index is 0.0656. The molecule has 1 aliphatic heterocycles. The molecule has 3 N–H and O–H groups in total. The molecule has 0 unspecified atom stereocenters. The van der Waals surface area contributed by atoms with Gasteiger partial charge in [0.25, 0.3) is 0 Å². The number of allylic oxidation sites excluding steroid dienone is 3. The van der Waals surface area contributed by atoms with Crippen LogP contribution < -0.4 is 5.32 Å². The van der Waals surface area contributed by atoms with Gasteiger partial charge in [-0.1, -0.05) is 0 Å². The number of aliphatic carboxylic acids is 1. The van der Waals surface area contributed by atoms with Gasteiger partial charge in [-0.3, -0.25) is 4.79 Å². The maximum Gasteiger partial charge on any atom is 0.351 e. The fraction of sp³-hybridized carbons (Fsp3) is 0.200. The number of aliphatic hydroxyl groups excluding tert-OH is 1. The van der Waals surface area contributed by atoms with Gasteiger partial charge in [0, 0.05) is 13.0 Å². The Morgan fingerprint density at radius 3 is 2.73 bits per heavy atom. The SMILES string of the molecule is O=C(O)C1=CC2=C(C=C(O)C(=O)C2)CN1. The number of hydrogen-bond donors (Lipinski definition) is 3. The van der Waals surface area contributed by atoms with E-state index in [1.165, 1.54) is 12.2 Å². The molecule has 1 heterocycles. The highest BCUT2D eigenvalue weighted by Crippen LogP contribution is 2.24. The Balaban J connectivity index is 2.38. The lowest BCUT2D eigenvalue weighted by atomic mass is 9.92. The summed E-state index contributed by atoms with van der Waals surface area (Å²) in [4.78, 5) is 21.8. The van der Waals surface area contributed by atoms with Crippen molar-refractivity contribution in [1.82, 2.24) is 5.32 Å². The van der Waals surface area contributed by atoms with Crippen LogP contribution in [0.2, 0.25) is 0 Å². The van der Waals surface area contributed by atoms with Crippen LogP contribution in [0.4, 0.5) is 0 Å². The zero-order valence-corrected chi connectivity index (χ0v) is 7.78. The third-order valence-electron chi connectivity index (χ3n) is 2.38. The number of carbonyl (C=O) groups is 2. The molecule has 0 saturated carbocycles. The highest BCUT2D eigenvalue weighted by atomic mass is 16.4. The number of dihydropyridines is 1. The molecule has 0 fully saturated rings. The molecule has 0 spiro atoms. The van der Waals surface area contributed by atoms with Gasteiger partial charge < -0.3 is 15.5 Å². The van der Waals surface area contributed by atoms with Crippen molar-refractivity contribution in [3.8, 4) is 0 Å². The van der Waals surface area contributed by atoms with Crippen LogP contribution in [0.5, 0.6) is 0 Å². The maximum absolute atomic E-state index is 11.2. The number of carboxylic acid groups (broad SMARTS) is 1. The smallest absolute Gasteiger partial charge is 0.351 e. The molecule has 5 nitrogen and oxygen atoms in total. The summed E-state index contributed by atoms with van der Waals surface area (Å²) in [6.45, 7) is 0.324. The third-order valence-corrected chi connectivity index (χ3v) is 2.38. The van der Waals surface area contributed by atoms with Gasteiger partial charge in [-0.25, -0.2) is 4.79 Å². The Bertz CT molecular complexity index is 442. The quantitative estimate of drug-likeness (QED) is 0.574. The minimum Gasteiger partial charge on any atom is -0.504 e. The van der Waals surface area contributed by atoms with E-state index in [0.717, 1.165) is 5.57 Å². The number of aliphatic hydroxyl groups is 1. The first-order chi connectivity index (χ1) is 7.08. The summed E-state index contributed by atoms with van der Waals surface area (Å²) < 4.78 is 0. The number of carboxylic acids is 1. The number of Topliss-reactive ketones (excluding diaryl/α,β-unsaturated/α-hetero) is 1. The summed E-state index contributed by atoms with van der Waals surface area (Å²) in [7, 11) is 0. The van der Waals surface area contributed by atoms with Gasteiger partial charge in [-0.05, 0) is 23.3 Å². The Morgan fingerprint density at radius 2 is 2.07 bits per heavy atom. The molecule has 1 aliphatic carbocycles. The number of ketones is 1. The lowest BCUT2D eigenvalue weighted by Gasteiger charge is -2.20. The molecule has 15 heavy (non-hydrogen) atoms. The number of hydrogen-bond acceptors (Lipinski definition) is 4. The van der Waals surface area contributed by atoms with Crippen LogP contribution in [0.15, 0.2) is 34.8 Å². The van der Waals surface area contributed by atoms with Gasteiger partial charge in [0.1, 0.15) is 5.70 Å². The van der Waals surface area contributed by atoms with E-state index >= 15 is 0 Å². The molecule has 0 bridgehead atoms. The normalized spacial score (nSPS) is 20.1. The monoisotopic (exact) mass is 207 g/mol. The first kappa shape index (κ1) is 9.51. The fourth-order valence-electron chi connectivity index (χ4n) is 1.58. The molecule has 0 aromatic rings. The van der Waals surface area contributed by atoms with Gasteiger partial charge in [-0.15, -0.1) is 0 Å². The summed E-state index contributed by atoms with van der Waals surface area (Å²) in [5, 5.41) is 20.6. The van der Waals surface area contributed by atoms with Gasteiger partial charge >= 0.3 is 5.97 Å². The molecule has 0 atom stereocenters. The average Bonchev–Trinajstić information content (AvgIpc) is 2.19. The van der Waals surface area contributed by atoms with Crippen molar-refractivity contribution in [2.75, 3.05) is 6.54 Å². The van der Waals surface area contributed by atoms with Crippen LogP contribution in [-0.2, 0) is 9.59 Å². The Morgan fingerprint density at radius 1 is 1.33 bits per heavy atom. The minimum atomic E-state index is -1.05. The first-order valence-electron chi connectivity index (χ1n) is 4.42. The van der Waals surface area contributed by atoms with Crippen LogP contribution >= 0.6 is 0 Å². The molecule has 0 amide bonds. The van der Waals surface area contributed by atoms with E-state index in [1.54, 1.807) is 0 Å². The molecule has 0 radical (unpaired) electrons. The Labute approximate surface area is 85.4 Å². The van der Waals surface area contributed by atoms with Crippen LogP contribution in [0.25, 0.3) is 0 Å². The van der Waals surface area contributed by atoms with E-state index in [1.807, 2.05) is 0 Å². The maximum atomic E-state index is 11.2. The van der Waals surface area contributed by atoms with Crippen LogP contribution in [-0.4, -0.2) is 28.5 Å². The number of carbonyl (C=O) groups excluding carboxylic acids is 1. The summed E-state index contributed by atoms with van der Waals surface area (Å²) >= 11 is 0. The second-order valence-corrected chi connectivity index (χ2v) is 3.40. The van der Waals surface area contributed by atoms with Crippen LogP contribution in [0.3, 0.4) is 0 Å². The van der Waals surface area contributed by atoms with Gasteiger partial charge in [0.05, 0.1) is 0 Å². The van der Waals surface area contributed by atoms with E-state index < -0.39 is 5.97 Å². The third kappa shape index (κ3) is 1.63. The fourth-order valence-corrected chi connectivity index (χ4v) is 1.58. The molecular formula is C10H9NO4. The highest BCUT2D eigenvalue weighted by molar-refractivity contribution is 5.98. The summed E-state index contributed by atoms with van der Waals surface area (Å²) in [5.74, 6) is -1.69. The van der Waals surface area contributed by atoms with Gasteiger partial charge in [0.15, 0.2) is 5.76 Å². The van der Waals surface area contributed by atoms with Gasteiger partial charge in [-0.2, -0.15) is 0 Å². The van der Waals surface area contributed by atoms with E-state index in [2.05, 4.69) is 5.32 Å². The highest BCUT2D eigenvalue weighted by Gasteiger charge is 2.23. The Kier molecular flexibility index (Phi) is 2.07. The number of rotatable bonds is 1. The lowest BCUT2D eigenvalue weighted by Crippen LogP contribution is -2.28. The first-order valence-corrected chi connectivity index (χ1v) is 4.42. The molecule has 0 aromatic heterocycles. The van der Waals surface area contributed by atoms with E-state index in [-0.39, 0.29) is 23.7 Å². The molecule has 78 valence electrons. The summed E-state index contributed by atoms with van der Waals surface area (Å²) in [5.41, 5.74) is 1.50. The standard InChI is InChI=1S/C10H9NO4/c12-8-2-5-1-7(10(14)15)11-4-6(5)3-9(8)13/h1,3,11,13H,2,4H2,(H,14,15). The predicted octanol–water partition coefficient (Wildman–Crippen LogP) is 0.269. The zero-order valence-electron chi connectivity index (χ0n) is 7.78. The van der Waals surface area contributed by atoms with Crippen molar-refractivity contribution >= 4 is 11.8 Å². The second-order valence-electron chi connectivity index (χ2n) is 3.40. The van der Waals surface area contributed by atoms with Gasteiger partial charge in [0.2, 0.25) is 5.78 Å². The molecule has 2 rings (SSSR count). The number of nitrogens with one attached hydrogen (secondary N) is 1. The van der Waals surface area contributed by atoms with Crippen molar-refractivity contribution in [2.24, 2.45) is 0 Å². The van der Waals surface area contributed by atoms with E-state index in [0.29, 0.717) is 12.1 Å². The predicted molar refractivity (Wildman–Crippen MR) is 51.1 cm³/mol. The largest absolute Gasteiger partial charge is 0.504 e. The molecule has 2 aliphatic rings. The second kappa shape index (κ2) is 3.27. The lowest BCUT2D eigenvalue weighted by molar-refractivity contribution is -0.133. The topological polar surface area (TPSA) is 86.6 Å². The molecular weight excluding hydrogens is 198 g/mol. The van der Waals surface area contributed by atoms with Crippen molar-refractivity contribution in [1.29, 1.82) is 0 Å². The summed E-state index contributed by atoms with van der Waals surface area (Å²) in [6, 6.07) is 0. The zero-order chi connectivity index (χ0) is 11.0. The molecule has 0 saturated heterocycles.